The van der Waals surface area contributed by atoms with E-state index in [9.17, 15) is 13.2 Å². The summed E-state index contributed by atoms with van der Waals surface area (Å²) >= 11 is 0. The van der Waals surface area contributed by atoms with Gasteiger partial charge in [-0.3, -0.25) is 21.0 Å². The number of nitrogens with zero attached hydrogens (tertiary/aromatic N) is 3. The molecule has 9 heteroatoms. The number of rotatable bonds is 4. The number of hydrogen-bond donors (Lipinski definition) is 2. The molecule has 0 aliphatic carbocycles. The van der Waals surface area contributed by atoms with E-state index < -0.39 is 36.7 Å². The van der Waals surface area contributed by atoms with E-state index in [1.807, 2.05) is 25.1 Å². The highest BCUT2D eigenvalue weighted by atomic mass is 19.3. The van der Waals surface area contributed by atoms with Gasteiger partial charge in [0, 0.05) is 23.5 Å². The Kier molecular flexibility index (Phi) is 5.33. The maximum atomic E-state index is 14.9. The van der Waals surface area contributed by atoms with Crippen LogP contribution >= 0.6 is 0 Å². The van der Waals surface area contributed by atoms with Gasteiger partial charge < -0.3 is 9.64 Å². The molecule has 0 bridgehead atoms. The molecule has 0 saturated carbocycles. The first-order valence-corrected chi connectivity index (χ1v) is 10.8. The number of fused-ring (bicyclic) bond motifs is 1. The average molecular weight is 467 g/mol. The minimum atomic E-state index is -3.00. The van der Waals surface area contributed by atoms with Crippen molar-refractivity contribution in [3.05, 3.63) is 83.4 Å². The van der Waals surface area contributed by atoms with E-state index in [0.717, 1.165) is 11.1 Å². The molecule has 3 heterocycles. The molecule has 3 N–H and O–H groups in total. The lowest BCUT2D eigenvalue weighted by Crippen LogP contribution is -2.52. The van der Waals surface area contributed by atoms with Crippen LogP contribution in [0.15, 0.2) is 65.9 Å². The number of ether oxygens (including phenoxy) is 1. The lowest BCUT2D eigenvalue weighted by molar-refractivity contribution is -0.0207. The lowest BCUT2D eigenvalue weighted by Gasteiger charge is -2.36. The zero-order valence-corrected chi connectivity index (χ0v) is 18.7. The molecule has 1 fully saturated rings. The Labute approximate surface area is 195 Å². The zero-order valence-electron chi connectivity index (χ0n) is 18.7. The average Bonchev–Trinajstić information content (AvgIpc) is 3.11. The Bertz CT molecular complexity index is 1270. The minimum absolute atomic E-state index is 0.339. The van der Waals surface area contributed by atoms with Crippen molar-refractivity contribution in [1.29, 1.82) is 0 Å². The van der Waals surface area contributed by atoms with E-state index in [2.05, 4.69) is 15.3 Å². The Morgan fingerprint density at radius 3 is 2.62 bits per heavy atom. The van der Waals surface area contributed by atoms with Crippen LogP contribution < -0.4 is 15.8 Å². The van der Waals surface area contributed by atoms with Crippen molar-refractivity contribution in [2.75, 3.05) is 20.2 Å². The second kappa shape index (κ2) is 8.11. The van der Waals surface area contributed by atoms with E-state index in [4.69, 9.17) is 10.5 Å². The topological polar surface area (TPSA) is 75.8 Å². The van der Waals surface area contributed by atoms with Gasteiger partial charge in [0.05, 0.1) is 13.7 Å². The number of amidine groups is 1. The van der Waals surface area contributed by atoms with Gasteiger partial charge in [0.15, 0.2) is 0 Å². The first kappa shape index (κ1) is 22.4. The monoisotopic (exact) mass is 467 g/mol. The van der Waals surface area contributed by atoms with Crippen molar-refractivity contribution in [3.8, 4) is 16.9 Å². The van der Waals surface area contributed by atoms with Gasteiger partial charge in [-0.1, -0.05) is 18.2 Å². The SMILES string of the molecule is COc1ccc([C@]2(c3ccc(F)c(-c4cccnc4)c3)NC(N)N3CC(F)(F)CN=C32)cc1C. The van der Waals surface area contributed by atoms with Crippen LogP contribution in [0.1, 0.15) is 16.7 Å². The number of halogens is 3. The van der Waals surface area contributed by atoms with Gasteiger partial charge in [0.1, 0.15) is 35.8 Å². The van der Waals surface area contributed by atoms with Crippen molar-refractivity contribution in [1.82, 2.24) is 15.2 Å². The molecule has 1 saturated heterocycles. The number of aromatic nitrogens is 1. The van der Waals surface area contributed by atoms with Gasteiger partial charge in [0.25, 0.3) is 5.92 Å². The quantitative estimate of drug-likeness (QED) is 0.613. The second-order valence-corrected chi connectivity index (χ2v) is 8.58. The summed E-state index contributed by atoms with van der Waals surface area (Å²) in [5, 5.41) is 3.30. The number of pyridine rings is 1. The van der Waals surface area contributed by atoms with E-state index in [1.165, 1.54) is 11.0 Å². The molecule has 34 heavy (non-hydrogen) atoms. The van der Waals surface area contributed by atoms with Crippen LogP contribution in [-0.4, -0.2) is 48.1 Å². The Morgan fingerprint density at radius 1 is 1.15 bits per heavy atom. The largest absolute Gasteiger partial charge is 0.496 e. The number of alkyl halides is 2. The lowest BCUT2D eigenvalue weighted by atomic mass is 9.80. The molecule has 2 aliphatic heterocycles. The fraction of sp³-hybridized carbons (Fsp3) is 0.280. The van der Waals surface area contributed by atoms with Crippen LogP contribution in [-0.2, 0) is 5.54 Å². The van der Waals surface area contributed by atoms with Crippen LogP contribution in [0.5, 0.6) is 5.75 Å². The summed E-state index contributed by atoms with van der Waals surface area (Å²) in [5.74, 6) is -2.36. The highest BCUT2D eigenvalue weighted by molar-refractivity contribution is 5.99. The summed E-state index contributed by atoms with van der Waals surface area (Å²) in [7, 11) is 1.58. The smallest absolute Gasteiger partial charge is 0.284 e. The summed E-state index contributed by atoms with van der Waals surface area (Å²) in [5.41, 5.74) is 8.30. The van der Waals surface area contributed by atoms with Crippen LogP contribution in [0.3, 0.4) is 0 Å². The molecule has 1 unspecified atom stereocenters. The zero-order chi connectivity index (χ0) is 24.1. The van der Waals surface area contributed by atoms with E-state index in [1.54, 1.807) is 43.8 Å². The second-order valence-electron chi connectivity index (χ2n) is 8.58. The minimum Gasteiger partial charge on any atom is -0.496 e. The molecule has 0 amide bonds. The number of nitrogens with one attached hydrogen (secondary N) is 1. The predicted molar refractivity (Wildman–Crippen MR) is 123 cm³/mol. The Balaban J connectivity index is 1.76. The first-order valence-electron chi connectivity index (χ1n) is 10.8. The number of aryl methyl sites for hydroxylation is 1. The van der Waals surface area contributed by atoms with Crippen molar-refractivity contribution in [3.63, 3.8) is 0 Å². The highest BCUT2D eigenvalue weighted by Gasteiger charge is 2.55. The molecule has 3 aromatic rings. The highest BCUT2D eigenvalue weighted by Crippen LogP contribution is 2.42. The molecule has 1 aromatic heterocycles. The van der Waals surface area contributed by atoms with Crippen LogP contribution in [0, 0.1) is 12.7 Å². The van der Waals surface area contributed by atoms with Gasteiger partial charge in [-0.15, -0.1) is 0 Å². The van der Waals surface area contributed by atoms with Crippen molar-refractivity contribution in [2.24, 2.45) is 10.7 Å². The molecule has 0 spiro atoms. The standard InChI is InChI=1S/C25H24F3N5O/c1-15-10-17(6-8-21(15)34-2)25(22-31-13-24(27,28)14-33(22)23(29)32-25)18-5-7-20(26)19(11-18)16-4-3-9-30-12-16/h3-12,23,32H,13-14,29H2,1-2H3/t23?,25-/m1/s1. The normalized spacial score (nSPS) is 23.4. The summed E-state index contributed by atoms with van der Waals surface area (Å²) in [6.07, 6.45) is 2.27. The van der Waals surface area contributed by atoms with Crippen LogP contribution in [0.25, 0.3) is 11.1 Å². The fourth-order valence-electron chi connectivity index (χ4n) is 4.79. The third-order valence-corrected chi connectivity index (χ3v) is 6.37. The third-order valence-electron chi connectivity index (χ3n) is 6.37. The molecular weight excluding hydrogens is 443 g/mol. The molecule has 2 atom stereocenters. The maximum absolute atomic E-state index is 14.9. The van der Waals surface area contributed by atoms with Gasteiger partial charge in [-0.25, -0.2) is 13.2 Å². The van der Waals surface area contributed by atoms with Gasteiger partial charge in [-0.2, -0.15) is 0 Å². The van der Waals surface area contributed by atoms with Crippen molar-refractivity contribution in [2.45, 2.75) is 24.7 Å². The van der Waals surface area contributed by atoms with E-state index >= 15 is 0 Å². The van der Waals surface area contributed by atoms with Gasteiger partial charge >= 0.3 is 0 Å². The number of hydrogen-bond acceptors (Lipinski definition) is 6. The molecule has 6 nitrogen and oxygen atoms in total. The van der Waals surface area contributed by atoms with Crippen molar-refractivity contribution >= 4 is 5.84 Å². The number of nitrogens with two attached hydrogens (primary N) is 1. The number of benzene rings is 2. The molecule has 0 radical (unpaired) electrons. The van der Waals surface area contributed by atoms with Gasteiger partial charge in [0.2, 0.25) is 0 Å². The van der Waals surface area contributed by atoms with Gasteiger partial charge in [-0.05, 0) is 53.9 Å². The predicted octanol–water partition coefficient (Wildman–Crippen LogP) is 3.64. The van der Waals surface area contributed by atoms with Crippen LogP contribution in [0.4, 0.5) is 13.2 Å². The number of aliphatic imine (C=N–C) groups is 1. The van der Waals surface area contributed by atoms with Crippen LogP contribution in [0.2, 0.25) is 0 Å². The molecule has 2 aliphatic rings. The van der Waals surface area contributed by atoms with E-state index in [0.29, 0.717) is 28.3 Å². The fourth-order valence-corrected chi connectivity index (χ4v) is 4.79. The Hall–Kier alpha value is -3.43. The molecule has 176 valence electrons. The van der Waals surface area contributed by atoms with Crippen molar-refractivity contribution < 1.29 is 17.9 Å². The summed E-state index contributed by atoms with van der Waals surface area (Å²) in [4.78, 5) is 9.79. The maximum Gasteiger partial charge on any atom is 0.284 e. The molecule has 2 aromatic carbocycles. The molecular formula is C25H24F3N5O. The number of methoxy groups -OCH3 is 1. The summed E-state index contributed by atoms with van der Waals surface area (Å²) in [6, 6.07) is 13.7. The van der Waals surface area contributed by atoms with E-state index in [-0.39, 0.29) is 0 Å². The Morgan fingerprint density at radius 2 is 1.91 bits per heavy atom. The third kappa shape index (κ3) is 3.52. The summed E-state index contributed by atoms with van der Waals surface area (Å²) < 4.78 is 48.9. The summed E-state index contributed by atoms with van der Waals surface area (Å²) in [6.45, 7) is 0.680. The first-order chi connectivity index (χ1) is 16.2. The molecule has 5 rings (SSSR count).